The van der Waals surface area contributed by atoms with Crippen molar-refractivity contribution in [3.63, 3.8) is 0 Å². The van der Waals surface area contributed by atoms with E-state index in [1.807, 2.05) is 0 Å². The fraction of sp³-hybridized carbons (Fsp3) is 0.643. The number of nitrogens with one attached hydrogen (secondary N) is 2. The molecule has 1 aromatic rings. The molecule has 2 atom stereocenters. The molecule has 1 aromatic heterocycles. The molecule has 122 valence electrons. The van der Waals surface area contributed by atoms with E-state index in [4.69, 9.17) is 4.42 Å². The molecule has 2 N–H and O–H groups in total. The van der Waals surface area contributed by atoms with E-state index in [1.54, 1.807) is 11.8 Å². The van der Waals surface area contributed by atoms with Crippen LogP contribution in [-0.2, 0) is 10.0 Å². The number of nitrogens with zero attached hydrogens (tertiary/aromatic N) is 1. The number of rotatable bonds is 3. The molecule has 8 heteroatoms. The lowest BCUT2D eigenvalue weighted by atomic mass is 10.1. The molecule has 2 bridgehead atoms. The van der Waals surface area contributed by atoms with Crippen LogP contribution >= 0.6 is 0 Å². The molecule has 3 rings (SSSR count). The van der Waals surface area contributed by atoms with Gasteiger partial charge >= 0.3 is 0 Å². The van der Waals surface area contributed by atoms with Crippen LogP contribution in [0.5, 0.6) is 0 Å². The highest BCUT2D eigenvalue weighted by Crippen LogP contribution is 2.24. The van der Waals surface area contributed by atoms with E-state index in [1.165, 1.54) is 19.5 Å². The number of hydrogen-bond acceptors (Lipinski definition) is 5. The summed E-state index contributed by atoms with van der Waals surface area (Å²) >= 11 is 0. The Hall–Kier alpha value is -1.38. The van der Waals surface area contributed by atoms with Crippen molar-refractivity contribution in [1.82, 2.24) is 14.9 Å². The normalized spacial score (nSPS) is 25.3. The van der Waals surface area contributed by atoms with E-state index in [-0.39, 0.29) is 11.0 Å². The molecule has 2 aliphatic heterocycles. The van der Waals surface area contributed by atoms with E-state index in [0.717, 1.165) is 12.8 Å². The number of fused-ring (bicyclic) bond motifs is 2. The lowest BCUT2D eigenvalue weighted by Crippen LogP contribution is -2.39. The number of amides is 1. The van der Waals surface area contributed by atoms with Gasteiger partial charge in [-0.05, 0) is 33.2 Å². The second-order valence-electron chi connectivity index (χ2n) is 5.92. The van der Waals surface area contributed by atoms with Crippen LogP contribution in [0.3, 0.4) is 0 Å². The Labute approximate surface area is 130 Å². The van der Waals surface area contributed by atoms with Crippen LogP contribution < -0.4 is 10.0 Å². The van der Waals surface area contributed by atoms with Crippen LogP contribution in [0.25, 0.3) is 0 Å². The van der Waals surface area contributed by atoms with Crippen LogP contribution in [0.4, 0.5) is 0 Å². The lowest BCUT2D eigenvalue weighted by molar-refractivity contribution is 0.0746. The molecule has 2 aliphatic rings. The molecule has 2 unspecified atom stereocenters. The number of likely N-dealkylation sites (tertiary alicyclic amines) is 1. The van der Waals surface area contributed by atoms with Crippen molar-refractivity contribution >= 4 is 15.9 Å². The number of carbonyl (C=O) groups is 1. The third-order valence-electron chi connectivity index (χ3n) is 4.47. The predicted octanol–water partition coefficient (Wildman–Crippen LogP) is 0.463. The summed E-state index contributed by atoms with van der Waals surface area (Å²) in [5, 5.41) is 3.30. The van der Waals surface area contributed by atoms with E-state index in [9.17, 15) is 13.2 Å². The van der Waals surface area contributed by atoms with Gasteiger partial charge < -0.3 is 14.6 Å². The van der Waals surface area contributed by atoms with E-state index >= 15 is 0 Å². The van der Waals surface area contributed by atoms with Gasteiger partial charge in [-0.15, -0.1) is 0 Å². The zero-order valence-electron chi connectivity index (χ0n) is 12.8. The topological polar surface area (TPSA) is 91.7 Å². The summed E-state index contributed by atoms with van der Waals surface area (Å²) in [6.45, 7) is 2.96. The molecule has 0 spiro atoms. The van der Waals surface area contributed by atoms with Crippen molar-refractivity contribution in [3.8, 4) is 0 Å². The Balaban J connectivity index is 1.83. The number of carbonyl (C=O) groups excluding carboxylic acids is 1. The first-order valence-electron chi connectivity index (χ1n) is 7.50. The zero-order valence-corrected chi connectivity index (χ0v) is 13.6. The van der Waals surface area contributed by atoms with Crippen molar-refractivity contribution in [2.75, 3.05) is 20.1 Å². The summed E-state index contributed by atoms with van der Waals surface area (Å²) in [4.78, 5) is 14.5. The summed E-state index contributed by atoms with van der Waals surface area (Å²) in [7, 11) is -2.37. The van der Waals surface area contributed by atoms with E-state index in [2.05, 4.69) is 10.0 Å². The van der Waals surface area contributed by atoms with Crippen LogP contribution in [0.2, 0.25) is 0 Å². The van der Waals surface area contributed by atoms with Gasteiger partial charge in [-0.25, -0.2) is 13.1 Å². The second kappa shape index (κ2) is 5.68. The van der Waals surface area contributed by atoms with Gasteiger partial charge in [0.05, 0.1) is 5.56 Å². The minimum Gasteiger partial charge on any atom is -0.448 e. The van der Waals surface area contributed by atoms with Crippen molar-refractivity contribution in [3.05, 3.63) is 17.4 Å². The molecule has 1 amide bonds. The molecule has 3 heterocycles. The molecule has 2 fully saturated rings. The fourth-order valence-electron chi connectivity index (χ4n) is 3.20. The van der Waals surface area contributed by atoms with Gasteiger partial charge in [0.15, 0.2) is 0 Å². The molecular weight excluding hydrogens is 306 g/mol. The quantitative estimate of drug-likeness (QED) is 0.842. The summed E-state index contributed by atoms with van der Waals surface area (Å²) < 4.78 is 31.0. The van der Waals surface area contributed by atoms with E-state index < -0.39 is 10.0 Å². The number of hydrogen-bond donors (Lipinski definition) is 2. The minimum absolute atomic E-state index is 0.159. The molecular formula is C14H21N3O4S. The van der Waals surface area contributed by atoms with Gasteiger partial charge in [-0.2, -0.15) is 0 Å². The molecule has 2 saturated heterocycles. The maximum Gasteiger partial charge on any atom is 0.273 e. The van der Waals surface area contributed by atoms with E-state index in [0.29, 0.717) is 36.5 Å². The average molecular weight is 327 g/mol. The van der Waals surface area contributed by atoms with Crippen LogP contribution in [0.1, 0.15) is 35.4 Å². The van der Waals surface area contributed by atoms with Crippen LogP contribution in [0.15, 0.2) is 15.6 Å². The van der Waals surface area contributed by atoms with Gasteiger partial charge in [0, 0.05) is 31.2 Å². The Bertz CT molecular complexity index is 682. The largest absolute Gasteiger partial charge is 0.448 e. The minimum atomic E-state index is -3.68. The molecule has 0 aliphatic carbocycles. The van der Waals surface area contributed by atoms with Crippen molar-refractivity contribution in [2.45, 2.75) is 43.4 Å². The van der Waals surface area contributed by atoms with Crippen molar-refractivity contribution < 1.29 is 17.6 Å². The van der Waals surface area contributed by atoms with Gasteiger partial charge in [0.25, 0.3) is 15.9 Å². The monoisotopic (exact) mass is 327 g/mol. The number of sulfonamides is 1. The van der Waals surface area contributed by atoms with Gasteiger partial charge in [-0.3, -0.25) is 4.79 Å². The highest BCUT2D eigenvalue weighted by molar-refractivity contribution is 7.89. The standard InChI is InChI=1S/C14H21N3O4S/c1-9-12(7-13(21-9)22(19,20)15-2)14(18)17-6-5-10-3-4-11(8-17)16-10/h7,10-11,15-16H,3-6,8H2,1-2H3. The summed E-state index contributed by atoms with van der Waals surface area (Å²) in [6.07, 6.45) is 3.18. The maximum absolute atomic E-state index is 12.7. The fourth-order valence-corrected chi connectivity index (χ4v) is 3.91. The first-order valence-corrected chi connectivity index (χ1v) is 8.98. The van der Waals surface area contributed by atoms with Gasteiger partial charge in [0.1, 0.15) is 5.76 Å². The third-order valence-corrected chi connectivity index (χ3v) is 5.74. The van der Waals surface area contributed by atoms with Crippen molar-refractivity contribution in [2.24, 2.45) is 0 Å². The number of aryl methyl sites for hydroxylation is 1. The van der Waals surface area contributed by atoms with Gasteiger partial charge in [0.2, 0.25) is 5.09 Å². The SMILES string of the molecule is CNS(=O)(=O)c1cc(C(=O)N2CCC3CCC(C2)N3)c(C)o1. The molecule has 22 heavy (non-hydrogen) atoms. The van der Waals surface area contributed by atoms with Gasteiger partial charge in [-0.1, -0.05) is 0 Å². The first-order chi connectivity index (χ1) is 10.4. The highest BCUT2D eigenvalue weighted by atomic mass is 32.2. The first kappa shape index (κ1) is 15.5. The predicted molar refractivity (Wildman–Crippen MR) is 80.2 cm³/mol. The lowest BCUT2D eigenvalue weighted by Gasteiger charge is -2.24. The third kappa shape index (κ3) is 2.78. The number of furan rings is 1. The Morgan fingerprint density at radius 1 is 1.36 bits per heavy atom. The summed E-state index contributed by atoms with van der Waals surface area (Å²) in [5.74, 6) is 0.175. The molecule has 7 nitrogen and oxygen atoms in total. The average Bonchev–Trinajstić information content (AvgIpc) is 3.01. The van der Waals surface area contributed by atoms with Crippen LogP contribution in [0, 0.1) is 6.92 Å². The summed E-state index contributed by atoms with van der Waals surface area (Å²) in [6, 6.07) is 2.15. The molecule has 0 saturated carbocycles. The Kier molecular flexibility index (Phi) is 4.00. The molecule has 0 radical (unpaired) electrons. The zero-order chi connectivity index (χ0) is 15.9. The molecule has 0 aromatic carbocycles. The second-order valence-corrected chi connectivity index (χ2v) is 7.74. The summed E-state index contributed by atoms with van der Waals surface area (Å²) in [5.41, 5.74) is 0.326. The van der Waals surface area contributed by atoms with Crippen LogP contribution in [-0.4, -0.2) is 51.4 Å². The smallest absolute Gasteiger partial charge is 0.273 e. The maximum atomic E-state index is 12.7. The van der Waals surface area contributed by atoms with Crippen molar-refractivity contribution in [1.29, 1.82) is 0 Å². The Morgan fingerprint density at radius 3 is 2.82 bits per heavy atom. The highest BCUT2D eigenvalue weighted by Gasteiger charge is 2.33. The Morgan fingerprint density at radius 2 is 2.09 bits per heavy atom.